The zero-order valence-electron chi connectivity index (χ0n) is 24.4. The fourth-order valence-corrected chi connectivity index (χ4v) is 6.24. The van der Waals surface area contributed by atoms with Gasteiger partial charge in [-0.2, -0.15) is 31.4 Å². The van der Waals surface area contributed by atoms with Gasteiger partial charge < -0.3 is 19.7 Å². The van der Waals surface area contributed by atoms with Crippen LogP contribution < -0.4 is 9.50 Å². The summed E-state index contributed by atoms with van der Waals surface area (Å²) in [6.45, 7) is -0.0991. The predicted octanol–water partition coefficient (Wildman–Crippen LogP) is 7.78. The third-order valence-corrected chi connectivity index (χ3v) is 9.10. The van der Waals surface area contributed by atoms with Crippen LogP contribution in [-0.4, -0.2) is 58.3 Å². The van der Waals surface area contributed by atoms with E-state index < -0.39 is 30.9 Å². The maximum atomic E-state index is 12.0. The highest BCUT2D eigenvalue weighted by Gasteiger charge is 2.18. The molecule has 0 atom stereocenters. The molecule has 5 aromatic carbocycles. The second-order valence-electron chi connectivity index (χ2n) is 9.91. The summed E-state index contributed by atoms with van der Waals surface area (Å²) >= 11 is 0.491. The van der Waals surface area contributed by atoms with E-state index in [1.54, 1.807) is 18.2 Å². The number of anilines is 1. The van der Waals surface area contributed by atoms with Crippen molar-refractivity contribution >= 4 is 94.6 Å². The first-order chi connectivity index (χ1) is 23.3. The summed E-state index contributed by atoms with van der Waals surface area (Å²) in [5, 5.41) is 51.0. The van der Waals surface area contributed by atoms with Crippen LogP contribution in [0, 0.1) is 0 Å². The van der Waals surface area contributed by atoms with Gasteiger partial charge in [-0.05, 0) is 59.3 Å². The average Bonchev–Trinajstić information content (AvgIpc) is 3.03. The van der Waals surface area contributed by atoms with Gasteiger partial charge in [0, 0.05) is 35.1 Å². The van der Waals surface area contributed by atoms with Crippen molar-refractivity contribution in [3.05, 3.63) is 72.8 Å². The molecule has 256 valence electrons. The van der Waals surface area contributed by atoms with Gasteiger partial charge in [0.05, 0.1) is 34.1 Å². The molecular weight excluding hydrogens is 727 g/mol. The molecule has 49 heavy (non-hydrogen) atoms. The number of nitrogens with zero attached hydrogens (tertiary/aromatic N) is 4. The van der Waals surface area contributed by atoms with Gasteiger partial charge in [-0.1, -0.05) is 12.1 Å². The number of nitrogens with one attached hydrogen (secondary N) is 1. The minimum absolute atomic E-state index is 0.0102. The molecule has 17 nitrogen and oxygen atoms in total. The number of rotatable bonds is 13. The molecule has 7 N–H and O–H groups in total. The molecule has 0 unspecified atom stereocenters. The zero-order valence-corrected chi connectivity index (χ0v) is 27.7. The molecule has 21 heteroatoms. The van der Waals surface area contributed by atoms with Crippen molar-refractivity contribution in [2.75, 3.05) is 17.6 Å². The Morgan fingerprint density at radius 2 is 1.47 bits per heavy atom. The predicted molar refractivity (Wildman–Crippen MR) is 181 cm³/mol. The summed E-state index contributed by atoms with van der Waals surface area (Å²) in [7, 11) is -8.86. The second kappa shape index (κ2) is 14.9. The van der Waals surface area contributed by atoms with E-state index in [-0.39, 0.29) is 74.5 Å². The van der Waals surface area contributed by atoms with Crippen LogP contribution in [-0.2, 0) is 24.6 Å². The van der Waals surface area contributed by atoms with Crippen LogP contribution in [0.4, 0.5) is 28.4 Å². The summed E-state index contributed by atoms with van der Waals surface area (Å²) in [5.41, 5.74) is 0.633. The van der Waals surface area contributed by atoms with Crippen LogP contribution in [0.2, 0.25) is 0 Å². The molecule has 0 aromatic heterocycles. The largest absolute Gasteiger partial charge is 0.506 e. The molecule has 0 heterocycles. The standard InChI is InChI=1S/C28H23N5O12S4/c34-24-13-19(31-30-18-4-2-15-9-20(44-47-37)14-26(21(15)12-18)49(41,42)43)5-6-23(24)32-33-27-25(46-45-36)10-16-1-3-17(11-22(16)28(27)35)29-7-8-48(38,39)40/h1-6,9-14,29,34-37H,7-8H2,(H,38,39,40)(H,41,42,43). The van der Waals surface area contributed by atoms with Crippen molar-refractivity contribution < 1.29 is 54.5 Å². The number of phenolic OH excluding ortho intramolecular Hbond substituents is 2. The Hall–Kier alpha value is -4.58. The lowest BCUT2D eigenvalue weighted by atomic mass is 10.1. The van der Waals surface area contributed by atoms with Crippen molar-refractivity contribution in [3.63, 3.8) is 0 Å². The van der Waals surface area contributed by atoms with Gasteiger partial charge in [-0.15, -0.1) is 10.2 Å². The first-order valence-corrected chi connectivity index (χ1v) is 17.9. The Labute approximate surface area is 286 Å². The van der Waals surface area contributed by atoms with Crippen LogP contribution >= 0.6 is 24.4 Å². The Balaban J connectivity index is 1.40. The Morgan fingerprint density at radius 3 is 2.14 bits per heavy atom. The Bertz CT molecular complexity index is 2340. The molecule has 0 bridgehead atoms. The monoisotopic (exact) mass is 749 g/mol. The number of aromatic hydroxyl groups is 2. The van der Waals surface area contributed by atoms with E-state index in [2.05, 4.69) is 30.1 Å². The number of hydrogen-bond acceptors (Lipinski definition) is 17. The van der Waals surface area contributed by atoms with E-state index in [1.807, 2.05) is 0 Å². The lowest BCUT2D eigenvalue weighted by Crippen LogP contribution is -2.14. The molecule has 0 radical (unpaired) electrons. The lowest BCUT2D eigenvalue weighted by Gasteiger charge is -2.11. The molecule has 0 aliphatic heterocycles. The molecular formula is C28H23N5O12S4. The molecule has 0 aliphatic carbocycles. The Kier molecular flexibility index (Phi) is 10.9. The highest BCUT2D eigenvalue weighted by molar-refractivity contribution is 7.94. The van der Waals surface area contributed by atoms with E-state index in [0.717, 1.165) is 6.07 Å². The zero-order chi connectivity index (χ0) is 35.3. The van der Waals surface area contributed by atoms with Gasteiger partial charge in [0.2, 0.25) is 12.3 Å². The van der Waals surface area contributed by atoms with Gasteiger partial charge in [0.1, 0.15) is 27.8 Å². The molecule has 0 spiro atoms. The smallest absolute Gasteiger partial charge is 0.295 e. The van der Waals surface area contributed by atoms with E-state index in [0.29, 0.717) is 28.5 Å². The maximum absolute atomic E-state index is 12.0. The van der Waals surface area contributed by atoms with Crippen LogP contribution in [0.25, 0.3) is 21.5 Å². The number of fused-ring (bicyclic) bond motifs is 2. The Morgan fingerprint density at radius 1 is 0.776 bits per heavy atom. The molecule has 0 aliphatic rings. The van der Waals surface area contributed by atoms with Crippen molar-refractivity contribution in [1.82, 2.24) is 0 Å². The highest BCUT2D eigenvalue weighted by atomic mass is 32.2. The third-order valence-electron chi connectivity index (χ3n) is 6.65. The quantitative estimate of drug-likeness (QED) is 0.0199. The van der Waals surface area contributed by atoms with Gasteiger partial charge in [0.25, 0.3) is 20.2 Å². The number of phenols is 2. The molecule has 0 fully saturated rings. The van der Waals surface area contributed by atoms with Crippen LogP contribution in [0.15, 0.2) is 103 Å². The highest BCUT2D eigenvalue weighted by Crippen LogP contribution is 2.45. The van der Waals surface area contributed by atoms with Crippen molar-refractivity contribution in [2.24, 2.45) is 20.5 Å². The maximum Gasteiger partial charge on any atom is 0.295 e. The summed E-state index contributed by atoms with van der Waals surface area (Å²) in [5.74, 6) is -1.29. The van der Waals surface area contributed by atoms with Gasteiger partial charge in [-0.25, -0.2) is 5.26 Å². The normalized spacial score (nSPS) is 12.4. The minimum atomic E-state index is -4.68. The molecule has 5 aromatic rings. The average molecular weight is 750 g/mol. The summed E-state index contributed by atoms with van der Waals surface area (Å²) in [6.07, 6.45) is 0. The summed E-state index contributed by atoms with van der Waals surface area (Å²) in [4.78, 5) is -0.312. The molecule has 0 saturated heterocycles. The summed E-state index contributed by atoms with van der Waals surface area (Å²) < 4.78 is 82.6. The van der Waals surface area contributed by atoms with E-state index >= 15 is 0 Å². The third kappa shape index (κ3) is 8.91. The van der Waals surface area contributed by atoms with Gasteiger partial charge in [-0.3, -0.25) is 13.7 Å². The fraction of sp³-hybridized carbons (Fsp3) is 0.0714. The molecule has 5 rings (SSSR count). The first-order valence-electron chi connectivity index (χ1n) is 13.4. The summed E-state index contributed by atoms with van der Waals surface area (Å²) in [6, 6.07) is 17.2. The van der Waals surface area contributed by atoms with Crippen molar-refractivity contribution in [2.45, 2.75) is 9.79 Å². The molecule has 0 saturated carbocycles. The van der Waals surface area contributed by atoms with Crippen molar-refractivity contribution in [3.8, 4) is 17.2 Å². The lowest BCUT2D eigenvalue weighted by molar-refractivity contribution is -0.116. The fourth-order valence-electron chi connectivity index (χ4n) is 4.51. The topological polar surface area (TPSA) is 270 Å². The van der Waals surface area contributed by atoms with Crippen LogP contribution in [0.5, 0.6) is 17.2 Å². The van der Waals surface area contributed by atoms with Gasteiger partial charge >= 0.3 is 0 Å². The number of azo groups is 2. The van der Waals surface area contributed by atoms with Crippen LogP contribution in [0.3, 0.4) is 0 Å². The SMILES string of the molecule is O=S(=O)(O)CCNc1ccc2cc(SOO)c(N=Nc3ccc(N=Nc4ccc5cc(OSO)cc(S(=O)(=O)O)c5c4)cc3O)c(O)c2c1. The number of hydrogen-bond donors (Lipinski definition) is 7. The van der Waals surface area contributed by atoms with E-state index in [9.17, 15) is 31.6 Å². The second-order valence-corrected chi connectivity index (χ2v) is 13.9. The number of benzene rings is 5. The van der Waals surface area contributed by atoms with Gasteiger partial charge in [0.15, 0.2) is 5.75 Å². The van der Waals surface area contributed by atoms with E-state index in [1.165, 1.54) is 48.5 Å². The molecule has 0 amide bonds. The van der Waals surface area contributed by atoms with Crippen molar-refractivity contribution in [1.29, 1.82) is 0 Å². The van der Waals surface area contributed by atoms with Crippen LogP contribution in [0.1, 0.15) is 0 Å². The first kappa shape index (κ1) is 35.7. The van der Waals surface area contributed by atoms with E-state index in [4.69, 9.17) is 18.5 Å². The minimum Gasteiger partial charge on any atom is -0.506 e.